The van der Waals surface area contributed by atoms with Crippen LogP contribution in [0.4, 0.5) is 0 Å². The lowest BCUT2D eigenvalue weighted by atomic mass is 10.0. The highest BCUT2D eigenvalue weighted by molar-refractivity contribution is 7.85. The molecule has 0 unspecified atom stereocenters. The Hall–Kier alpha value is -0.550. The van der Waals surface area contributed by atoms with Gasteiger partial charge in [-0.25, -0.2) is 0 Å². The van der Waals surface area contributed by atoms with Crippen molar-refractivity contribution in [3.63, 3.8) is 0 Å². The van der Waals surface area contributed by atoms with E-state index in [1.807, 2.05) is 6.08 Å². The van der Waals surface area contributed by atoms with Crippen LogP contribution in [-0.2, 0) is 10.1 Å². The molecule has 0 heterocycles. The summed E-state index contributed by atoms with van der Waals surface area (Å²) in [5, 5.41) is 8.46. The molecule has 0 radical (unpaired) electrons. The molecule has 0 saturated heterocycles. The summed E-state index contributed by atoms with van der Waals surface area (Å²) < 4.78 is 25.9. The number of hydrogen-bond donors (Lipinski definition) is 2. The largest absolute Gasteiger partial charge is 0.516 e. The molecule has 0 aliphatic carbocycles. The topological polar surface area (TPSA) is 74.6 Å². The van der Waals surface area contributed by atoms with Gasteiger partial charge in [0.25, 0.3) is 10.1 Å². The first kappa shape index (κ1) is 23.7. The number of rotatable bonds is 13. The maximum Gasteiger partial charge on any atom is 0.261 e. The Labute approximate surface area is 137 Å². The number of aliphatic hydroxyl groups excluding tert-OH is 1. The van der Waals surface area contributed by atoms with E-state index in [1.54, 1.807) is 0 Å². The smallest absolute Gasteiger partial charge is 0.261 e. The molecule has 0 aliphatic rings. The zero-order valence-electron chi connectivity index (χ0n) is 14.5. The van der Waals surface area contributed by atoms with Gasteiger partial charge in [0, 0.05) is 0 Å². The summed E-state index contributed by atoms with van der Waals surface area (Å²) in [5.74, 6) is 0. The summed E-state index contributed by atoms with van der Waals surface area (Å²) in [6.45, 7) is 2.27. The van der Waals surface area contributed by atoms with E-state index in [4.69, 9.17) is 9.66 Å². The van der Waals surface area contributed by atoms with Crippen LogP contribution in [0, 0.1) is 0 Å². The molecule has 0 aliphatic heterocycles. The average molecular weight is 337 g/mol. The van der Waals surface area contributed by atoms with E-state index in [0.29, 0.717) is 6.26 Å². The maximum absolute atomic E-state index is 9.19. The van der Waals surface area contributed by atoms with Crippen LogP contribution in [0.3, 0.4) is 0 Å². The normalized spacial score (nSPS) is 11.4. The zero-order chi connectivity index (χ0) is 17.1. The van der Waals surface area contributed by atoms with Crippen LogP contribution in [0.2, 0.25) is 0 Å². The van der Waals surface area contributed by atoms with E-state index in [-0.39, 0.29) is 0 Å². The predicted molar refractivity (Wildman–Crippen MR) is 94.9 cm³/mol. The van der Waals surface area contributed by atoms with Crippen LogP contribution < -0.4 is 0 Å². The second-order valence-electron chi connectivity index (χ2n) is 5.80. The fourth-order valence-corrected chi connectivity index (χ4v) is 2.18. The highest BCUT2D eigenvalue weighted by atomic mass is 32.2. The lowest BCUT2D eigenvalue weighted by Crippen LogP contribution is -1.88. The molecule has 0 rings (SSSR count). The Kier molecular flexibility index (Phi) is 19.9. The summed E-state index contributed by atoms with van der Waals surface area (Å²) in [5.41, 5.74) is 0. The molecule has 0 fully saturated rings. The van der Waals surface area contributed by atoms with Gasteiger partial charge in [-0.15, -0.1) is 0 Å². The van der Waals surface area contributed by atoms with Gasteiger partial charge in [0.2, 0.25) is 0 Å². The molecule has 0 saturated carbocycles. The van der Waals surface area contributed by atoms with E-state index in [0.717, 1.165) is 6.42 Å². The van der Waals surface area contributed by atoms with Crippen molar-refractivity contribution >= 4 is 10.1 Å². The van der Waals surface area contributed by atoms with Gasteiger partial charge in [-0.3, -0.25) is 4.55 Å². The van der Waals surface area contributed by atoms with Crippen molar-refractivity contribution in [1.29, 1.82) is 0 Å². The van der Waals surface area contributed by atoms with E-state index in [1.165, 1.54) is 83.3 Å². The Bertz CT molecular complexity index is 316. The van der Waals surface area contributed by atoms with Crippen LogP contribution in [0.5, 0.6) is 0 Å². The van der Waals surface area contributed by atoms with Gasteiger partial charge in [0.15, 0.2) is 0 Å². The first-order valence-electron chi connectivity index (χ1n) is 8.63. The first-order valence-corrected chi connectivity index (χ1v) is 10.5. The van der Waals surface area contributed by atoms with Crippen molar-refractivity contribution in [3.05, 3.63) is 12.3 Å². The second-order valence-corrected chi connectivity index (χ2v) is 7.26. The fourth-order valence-electron chi connectivity index (χ4n) is 2.18. The molecule has 2 N–H and O–H groups in total. The molecule has 5 heteroatoms. The highest BCUT2D eigenvalue weighted by Gasteiger charge is 1.92. The van der Waals surface area contributed by atoms with E-state index >= 15 is 0 Å². The second kappa shape index (κ2) is 18.5. The Morgan fingerprint density at radius 1 is 0.773 bits per heavy atom. The van der Waals surface area contributed by atoms with Crippen LogP contribution in [0.15, 0.2) is 12.3 Å². The van der Waals surface area contributed by atoms with Gasteiger partial charge >= 0.3 is 0 Å². The van der Waals surface area contributed by atoms with Crippen LogP contribution in [0.1, 0.15) is 90.4 Å². The molecule has 22 heavy (non-hydrogen) atoms. The third-order valence-electron chi connectivity index (χ3n) is 3.33. The summed E-state index contributed by atoms with van der Waals surface area (Å²) in [6.07, 6.45) is 21.5. The van der Waals surface area contributed by atoms with Crippen LogP contribution in [-0.4, -0.2) is 24.3 Å². The lowest BCUT2D eigenvalue weighted by molar-refractivity contribution is 0.469. The van der Waals surface area contributed by atoms with Crippen LogP contribution >= 0.6 is 0 Å². The zero-order valence-corrected chi connectivity index (χ0v) is 15.3. The molecule has 0 aromatic heterocycles. The molecular weight excluding hydrogens is 300 g/mol. The standard InChI is InChI=1S/C16H32O.CH4O3S/c1-2-3-4-5-6-7-8-9-10-11-12-13-14-15-16-17;1-5(2,3)4/h15-17H,2-14H2,1H3;1H3,(H,2,3,4). The van der Waals surface area contributed by atoms with Gasteiger partial charge in [-0.05, 0) is 12.8 Å². The predicted octanol–water partition coefficient (Wildman–Crippen LogP) is 5.65. The summed E-state index contributed by atoms with van der Waals surface area (Å²) in [6, 6.07) is 0. The summed E-state index contributed by atoms with van der Waals surface area (Å²) in [7, 11) is -3.67. The van der Waals surface area contributed by atoms with Crippen molar-refractivity contribution in [2.75, 3.05) is 6.26 Å². The van der Waals surface area contributed by atoms with Gasteiger partial charge < -0.3 is 5.11 Å². The molecule has 0 amide bonds. The van der Waals surface area contributed by atoms with Gasteiger partial charge in [0.1, 0.15) is 0 Å². The quantitative estimate of drug-likeness (QED) is 0.259. The lowest BCUT2D eigenvalue weighted by Gasteiger charge is -2.02. The maximum atomic E-state index is 9.19. The van der Waals surface area contributed by atoms with Crippen molar-refractivity contribution in [3.8, 4) is 0 Å². The van der Waals surface area contributed by atoms with Crippen molar-refractivity contribution in [2.24, 2.45) is 0 Å². The van der Waals surface area contributed by atoms with Gasteiger partial charge in [0.05, 0.1) is 12.5 Å². The molecule has 0 aromatic rings. The van der Waals surface area contributed by atoms with E-state index < -0.39 is 10.1 Å². The monoisotopic (exact) mass is 336 g/mol. The third-order valence-corrected chi connectivity index (χ3v) is 3.33. The molecule has 0 spiro atoms. The average Bonchev–Trinajstić information content (AvgIpc) is 2.42. The Balaban J connectivity index is 0. The molecule has 0 atom stereocenters. The molecular formula is C17H36O4S. The van der Waals surface area contributed by atoms with Gasteiger partial charge in [-0.2, -0.15) is 8.42 Å². The Morgan fingerprint density at radius 3 is 1.41 bits per heavy atom. The molecule has 0 bridgehead atoms. The van der Waals surface area contributed by atoms with Crippen LogP contribution in [0.25, 0.3) is 0 Å². The van der Waals surface area contributed by atoms with Gasteiger partial charge in [-0.1, -0.05) is 83.6 Å². The SMILES string of the molecule is CCCCCCCCCCCCCCC=CO.CS(=O)(=O)O. The minimum Gasteiger partial charge on any atom is -0.516 e. The van der Waals surface area contributed by atoms with E-state index in [9.17, 15) is 8.42 Å². The number of aliphatic hydroxyl groups is 1. The number of allylic oxidation sites excluding steroid dienone is 1. The molecule has 4 nitrogen and oxygen atoms in total. The number of hydrogen-bond acceptors (Lipinski definition) is 3. The van der Waals surface area contributed by atoms with Crippen molar-refractivity contribution < 1.29 is 18.1 Å². The third kappa shape index (κ3) is 36.6. The first-order chi connectivity index (χ1) is 10.4. The fraction of sp³-hybridized carbons (Fsp3) is 0.882. The molecule has 134 valence electrons. The number of unbranched alkanes of at least 4 members (excludes halogenated alkanes) is 12. The summed E-state index contributed by atoms with van der Waals surface area (Å²) in [4.78, 5) is 0. The van der Waals surface area contributed by atoms with E-state index in [2.05, 4.69) is 6.92 Å². The summed E-state index contributed by atoms with van der Waals surface area (Å²) >= 11 is 0. The highest BCUT2D eigenvalue weighted by Crippen LogP contribution is 2.12. The minimum absolute atomic E-state index is 0.715. The van der Waals surface area contributed by atoms with Crippen molar-refractivity contribution in [1.82, 2.24) is 0 Å². The van der Waals surface area contributed by atoms with Crippen molar-refractivity contribution in [2.45, 2.75) is 90.4 Å². The molecule has 0 aromatic carbocycles. The Morgan fingerprint density at radius 2 is 1.09 bits per heavy atom. The minimum atomic E-state index is -3.67.